The van der Waals surface area contributed by atoms with Crippen molar-refractivity contribution in [3.05, 3.63) is 0 Å². The molecule has 0 aromatic carbocycles. The number of hydrogen-bond acceptors (Lipinski definition) is 2. The van der Waals surface area contributed by atoms with E-state index in [1.807, 2.05) is 0 Å². The zero-order valence-electron chi connectivity index (χ0n) is 28.5. The van der Waals surface area contributed by atoms with Crippen molar-refractivity contribution in [2.24, 2.45) is 0 Å². The Morgan fingerprint density at radius 3 is 0.962 bits per heavy atom. The van der Waals surface area contributed by atoms with Gasteiger partial charge in [0.1, 0.15) is 0 Å². The molecule has 0 aromatic rings. The van der Waals surface area contributed by atoms with Crippen molar-refractivity contribution in [2.75, 3.05) is 0 Å². The van der Waals surface area contributed by atoms with Crippen LogP contribution in [0.25, 0.3) is 0 Å². The molecular formula is C25H36F22O2Si3. The number of alkyl halides is 22. The van der Waals surface area contributed by atoms with Crippen molar-refractivity contribution < 1.29 is 106 Å². The molecule has 5 atom stereocenters. The minimum atomic E-state index is -7.43. The predicted molar refractivity (Wildman–Crippen MR) is 149 cm³/mol. The molecule has 0 heterocycles. The Kier molecular flexibility index (Phi) is 14.2. The molecule has 0 aliphatic heterocycles. The molecule has 27 heteroatoms. The second-order valence-electron chi connectivity index (χ2n) is 15.5. The van der Waals surface area contributed by atoms with E-state index in [1.54, 1.807) is 0 Å². The van der Waals surface area contributed by atoms with Crippen LogP contribution in [0.5, 0.6) is 0 Å². The molecule has 0 amide bonds. The minimum Gasteiger partial charge on any atom is -0.269 e. The zero-order valence-corrected chi connectivity index (χ0v) is 31.5. The molecule has 52 heavy (non-hydrogen) atoms. The van der Waals surface area contributed by atoms with Gasteiger partial charge in [-0.1, -0.05) is 65.3 Å². The van der Waals surface area contributed by atoms with Crippen LogP contribution in [0.2, 0.25) is 75.5 Å². The average molecular weight is 871 g/mol. The highest BCUT2D eigenvalue weighted by molar-refractivity contribution is 6.80. The fourth-order valence-electron chi connectivity index (χ4n) is 4.94. The van der Waals surface area contributed by atoms with E-state index in [4.69, 9.17) is 0 Å². The number of ether oxygens (including phenoxy) is 2. The first-order valence-electron chi connectivity index (χ1n) is 14.5. The van der Waals surface area contributed by atoms with Gasteiger partial charge in [-0.2, -0.15) is 87.8 Å². The maximum atomic E-state index is 16.1. The minimum absolute atomic E-state index is 0.783. The van der Waals surface area contributed by atoms with Crippen LogP contribution < -0.4 is 0 Å². The molecule has 0 fully saturated rings. The van der Waals surface area contributed by atoms with Gasteiger partial charge in [0.15, 0.2) is 0 Å². The zero-order chi connectivity index (χ0) is 42.8. The molecule has 5 unspecified atom stereocenters. The molecule has 0 spiro atoms. The summed E-state index contributed by atoms with van der Waals surface area (Å²) in [5.41, 5.74) is -6.98. The molecule has 0 aliphatic rings. The Balaban J connectivity index is 7.50. The third kappa shape index (κ3) is 10.9. The van der Waals surface area contributed by atoms with Crippen molar-refractivity contribution in [2.45, 2.75) is 155 Å². The summed E-state index contributed by atoms with van der Waals surface area (Å²) in [6.45, 7) is 9.04. The summed E-state index contributed by atoms with van der Waals surface area (Å²) in [6.07, 6.45) is -47.9. The van der Waals surface area contributed by atoms with E-state index < -0.39 is 121 Å². The molecule has 0 saturated heterocycles. The molecule has 0 radical (unpaired) electrons. The molecular weight excluding hydrogens is 834 g/mol. The lowest BCUT2D eigenvalue weighted by atomic mass is 10.0. The first-order valence-corrected chi connectivity index (χ1v) is 25.3. The molecule has 0 N–H and O–H groups in total. The Hall–Kier alpha value is -0.969. The van der Waals surface area contributed by atoms with Crippen molar-refractivity contribution in [1.82, 2.24) is 0 Å². The molecule has 314 valence electrons. The monoisotopic (exact) mass is 870 g/mol. The van der Waals surface area contributed by atoms with Crippen LogP contribution in [0.1, 0.15) is 19.3 Å². The van der Waals surface area contributed by atoms with E-state index in [0.29, 0.717) is 0 Å². The van der Waals surface area contributed by atoms with E-state index >= 15 is 8.78 Å². The molecule has 0 bridgehead atoms. The standard InChI is InChI=1S/C25H36F22O2Si3/c1-50(2,3)13(11-15(52(7,8)9)17(27,21(35,36)37)49-25(46,47)19(30,31)23(41,42)43)10-14(51(4,5)6)12-16(26,20(32,33)34)48-24(44,45)18(28,29)22(38,39)40/h13-15H,10-12H2,1-9H3. The second-order valence-corrected chi connectivity index (χ2v) is 32.0. The average Bonchev–Trinajstić information content (AvgIpc) is 2.79. The van der Waals surface area contributed by atoms with E-state index in [-0.39, 0.29) is 0 Å². The van der Waals surface area contributed by atoms with Crippen LogP contribution in [-0.4, -0.2) is 84.7 Å². The van der Waals surface area contributed by atoms with Gasteiger partial charge in [0.2, 0.25) is 0 Å². The number of rotatable bonds is 16. The molecule has 0 aromatic heterocycles. The van der Waals surface area contributed by atoms with Gasteiger partial charge < -0.3 is 0 Å². The summed E-state index contributed by atoms with van der Waals surface area (Å²) in [4.78, 5) is 0. The molecule has 2 nitrogen and oxygen atoms in total. The van der Waals surface area contributed by atoms with E-state index in [2.05, 4.69) is 9.47 Å². The lowest BCUT2D eigenvalue weighted by Gasteiger charge is -2.47. The van der Waals surface area contributed by atoms with Crippen LogP contribution in [0.3, 0.4) is 0 Å². The van der Waals surface area contributed by atoms with Crippen molar-refractivity contribution in [1.29, 1.82) is 0 Å². The largest absolute Gasteiger partial charge is 0.462 e. The third-order valence-corrected chi connectivity index (χ3v) is 16.9. The second kappa shape index (κ2) is 14.5. The van der Waals surface area contributed by atoms with Crippen LogP contribution in [0, 0.1) is 0 Å². The fraction of sp³-hybridized carbons (Fsp3) is 1.00. The van der Waals surface area contributed by atoms with Crippen LogP contribution >= 0.6 is 0 Å². The highest BCUT2D eigenvalue weighted by atomic mass is 28.3. The van der Waals surface area contributed by atoms with Gasteiger partial charge in [-0.05, 0) is 17.5 Å². The van der Waals surface area contributed by atoms with Gasteiger partial charge >= 0.3 is 60.5 Å². The Morgan fingerprint density at radius 2 is 0.712 bits per heavy atom. The highest BCUT2D eigenvalue weighted by Crippen LogP contribution is 2.60. The van der Waals surface area contributed by atoms with Crippen LogP contribution in [0.15, 0.2) is 0 Å². The maximum absolute atomic E-state index is 16.1. The third-order valence-electron chi connectivity index (χ3n) is 8.36. The van der Waals surface area contributed by atoms with Gasteiger partial charge in [0.05, 0.1) is 8.07 Å². The lowest BCUT2D eigenvalue weighted by molar-refractivity contribution is -0.484. The summed E-state index contributed by atoms with van der Waals surface area (Å²) < 4.78 is 308. The first-order chi connectivity index (χ1) is 22.0. The topological polar surface area (TPSA) is 18.5 Å². The van der Waals surface area contributed by atoms with Gasteiger partial charge in [-0.25, -0.2) is 8.78 Å². The van der Waals surface area contributed by atoms with Gasteiger partial charge in [-0.15, -0.1) is 0 Å². The normalized spacial score (nSPS) is 19.9. The van der Waals surface area contributed by atoms with Crippen LogP contribution in [-0.2, 0) is 9.47 Å². The van der Waals surface area contributed by atoms with Gasteiger partial charge in [0.25, 0.3) is 0 Å². The van der Waals surface area contributed by atoms with Crippen molar-refractivity contribution in [3.63, 3.8) is 0 Å². The predicted octanol–water partition coefficient (Wildman–Crippen LogP) is 13.4. The van der Waals surface area contributed by atoms with Crippen LogP contribution in [0.4, 0.5) is 96.6 Å². The van der Waals surface area contributed by atoms with E-state index in [9.17, 15) is 87.8 Å². The van der Waals surface area contributed by atoms with Gasteiger partial charge in [-0.3, -0.25) is 9.47 Å². The number of hydrogen-bond donors (Lipinski definition) is 0. The first kappa shape index (κ1) is 51.0. The quantitative estimate of drug-likeness (QED) is 0.114. The van der Waals surface area contributed by atoms with Gasteiger partial charge in [0, 0.05) is 28.1 Å². The van der Waals surface area contributed by atoms with E-state index in [1.165, 1.54) is 19.6 Å². The summed E-state index contributed by atoms with van der Waals surface area (Å²) in [6, 6.07) is 0. The SMILES string of the molecule is C[Si](C)(C)C(CC(CC(F)(OC(F)(F)C(F)(F)C(F)(F)F)C(F)(F)F)[Si](C)(C)C)CC(C(F)(OC(F)(F)C(F)(F)C(F)(F)F)C(F)(F)F)[Si](C)(C)C. The van der Waals surface area contributed by atoms with Crippen molar-refractivity contribution >= 4 is 24.2 Å². The Labute approximate surface area is 286 Å². The summed E-state index contributed by atoms with van der Waals surface area (Å²) >= 11 is 0. The number of halogens is 22. The summed E-state index contributed by atoms with van der Waals surface area (Å²) in [5.74, 6) is -26.9. The molecule has 0 rings (SSSR count). The Bertz CT molecular complexity index is 1190. The molecule has 0 aliphatic carbocycles. The van der Waals surface area contributed by atoms with E-state index in [0.717, 1.165) is 39.3 Å². The lowest BCUT2D eigenvalue weighted by Crippen LogP contribution is -2.62. The summed E-state index contributed by atoms with van der Waals surface area (Å²) in [7, 11) is -11.4. The fourth-order valence-corrected chi connectivity index (χ4v) is 11.5. The highest BCUT2D eigenvalue weighted by Gasteiger charge is 2.80. The Morgan fingerprint density at radius 1 is 0.385 bits per heavy atom. The molecule has 0 saturated carbocycles. The van der Waals surface area contributed by atoms with Crippen molar-refractivity contribution in [3.8, 4) is 0 Å². The maximum Gasteiger partial charge on any atom is 0.462 e. The summed E-state index contributed by atoms with van der Waals surface area (Å²) in [5, 5.41) is 0. The smallest absolute Gasteiger partial charge is 0.269 e.